The van der Waals surface area contributed by atoms with Crippen LogP contribution in [0.15, 0.2) is 79.1 Å². The second-order valence-electron chi connectivity index (χ2n) is 11.4. The molecule has 0 aliphatic carbocycles. The van der Waals surface area contributed by atoms with Crippen LogP contribution in [0.1, 0.15) is 24.8 Å². The van der Waals surface area contributed by atoms with Gasteiger partial charge in [-0.2, -0.15) is 0 Å². The van der Waals surface area contributed by atoms with E-state index in [1.807, 2.05) is 35.5 Å². The minimum absolute atomic E-state index is 0.110. The van der Waals surface area contributed by atoms with Crippen LogP contribution in [0, 0.1) is 0 Å². The Hall–Kier alpha value is -3.30. The molecule has 3 fully saturated rings. The predicted molar refractivity (Wildman–Crippen MR) is 158 cm³/mol. The number of fused-ring (bicyclic) bond motifs is 1. The molecule has 1 amide bonds. The van der Waals surface area contributed by atoms with Crippen LogP contribution in [-0.4, -0.2) is 96.1 Å². The van der Waals surface area contributed by atoms with E-state index in [1.54, 1.807) is 0 Å². The number of para-hydroxylation sites is 1. The number of rotatable bonds is 6. The maximum Gasteiger partial charge on any atom is 0.225 e. The van der Waals surface area contributed by atoms with Crippen LogP contribution in [-0.2, 0) is 20.8 Å². The summed E-state index contributed by atoms with van der Waals surface area (Å²) in [6.07, 6.45) is 4.97. The number of β-amino-alcohol motifs (C(OH)–C–C–N with tert-alkyl or cyclic N) is 1. The van der Waals surface area contributed by atoms with Crippen molar-refractivity contribution in [2.24, 2.45) is 0 Å². The highest BCUT2D eigenvalue weighted by Crippen LogP contribution is 2.30. The Morgan fingerprint density at radius 2 is 1.71 bits per heavy atom. The van der Waals surface area contributed by atoms with Gasteiger partial charge in [-0.25, -0.2) is 0 Å². The monoisotopic (exact) mass is 556 g/mol. The lowest BCUT2D eigenvalue weighted by atomic mass is 9.94. The summed E-state index contributed by atoms with van der Waals surface area (Å²) in [5.74, 6) is 0.174. The summed E-state index contributed by atoms with van der Waals surface area (Å²) in [5.41, 5.74) is 4.69. The van der Waals surface area contributed by atoms with E-state index in [-0.39, 0.29) is 30.8 Å². The van der Waals surface area contributed by atoms with E-state index in [0.29, 0.717) is 19.6 Å². The molecule has 0 bridgehead atoms. The maximum absolute atomic E-state index is 13.2. The summed E-state index contributed by atoms with van der Waals surface area (Å²) < 4.78 is 12.4. The van der Waals surface area contributed by atoms with E-state index >= 15 is 0 Å². The summed E-state index contributed by atoms with van der Waals surface area (Å²) in [5, 5.41) is 10.6. The average Bonchev–Trinajstić information content (AvgIpc) is 3.01. The topological polar surface area (TPSA) is 78.4 Å². The first-order chi connectivity index (χ1) is 20.1. The van der Waals surface area contributed by atoms with Crippen molar-refractivity contribution in [1.82, 2.24) is 14.8 Å². The van der Waals surface area contributed by atoms with Crippen LogP contribution >= 0.6 is 0 Å². The fourth-order valence-electron chi connectivity index (χ4n) is 6.43. The first kappa shape index (κ1) is 27.8. The molecule has 3 aliphatic rings. The van der Waals surface area contributed by atoms with Crippen molar-refractivity contribution < 1.29 is 19.4 Å². The Morgan fingerprint density at radius 3 is 2.51 bits per heavy atom. The molecule has 6 rings (SSSR count). The van der Waals surface area contributed by atoms with Gasteiger partial charge in [-0.15, -0.1) is 0 Å². The summed E-state index contributed by atoms with van der Waals surface area (Å²) in [6, 6.07) is 23.1. The van der Waals surface area contributed by atoms with E-state index in [2.05, 4.69) is 63.3 Å². The van der Waals surface area contributed by atoms with Gasteiger partial charge < -0.3 is 24.4 Å². The smallest absolute Gasteiger partial charge is 0.225 e. The number of amides is 1. The normalized spacial score (nSPS) is 25.7. The molecule has 3 aromatic rings. The predicted octanol–water partition coefficient (Wildman–Crippen LogP) is 3.60. The molecule has 8 heteroatoms. The minimum atomic E-state index is -0.548. The van der Waals surface area contributed by atoms with Gasteiger partial charge in [0.25, 0.3) is 0 Å². The Morgan fingerprint density at radius 1 is 0.902 bits per heavy atom. The number of hydrogen-bond acceptors (Lipinski definition) is 7. The molecular weight excluding hydrogens is 516 g/mol. The quantitative estimate of drug-likeness (QED) is 0.497. The number of hydrogen-bond donors (Lipinski definition) is 1. The van der Waals surface area contributed by atoms with E-state index in [4.69, 9.17) is 9.47 Å². The second-order valence-corrected chi connectivity index (χ2v) is 11.4. The zero-order valence-corrected chi connectivity index (χ0v) is 23.6. The first-order valence-corrected chi connectivity index (χ1v) is 14.8. The standard InChI is InChI=1S/C33H40N4O4/c38-29-22-37(21-25-5-4-6-27(19-25)26-11-13-34-14-12-26)31-10-9-30(41-32(31)24-40-23-29)20-33(39)36-17-15-35(16-18-36)28-7-2-1-3-8-28/h1-8,11-14,19,29-32,38H,9-10,15-18,20-24H2/t29-,30-,31+,32-/m1/s1. The highest BCUT2D eigenvalue weighted by molar-refractivity contribution is 5.77. The van der Waals surface area contributed by atoms with E-state index in [1.165, 1.54) is 11.3 Å². The van der Waals surface area contributed by atoms with E-state index < -0.39 is 6.10 Å². The third kappa shape index (κ3) is 6.96. The molecule has 216 valence electrons. The van der Waals surface area contributed by atoms with Crippen LogP contribution in [0.25, 0.3) is 11.1 Å². The average molecular weight is 557 g/mol. The van der Waals surface area contributed by atoms with E-state index in [9.17, 15) is 9.90 Å². The van der Waals surface area contributed by atoms with Crippen molar-refractivity contribution in [2.45, 2.75) is 50.2 Å². The number of benzene rings is 2. The first-order valence-electron chi connectivity index (χ1n) is 14.8. The number of anilines is 1. The van der Waals surface area contributed by atoms with Crippen molar-refractivity contribution >= 4 is 11.6 Å². The van der Waals surface area contributed by atoms with Crippen LogP contribution < -0.4 is 4.90 Å². The second kappa shape index (κ2) is 13.1. The number of aliphatic hydroxyl groups excluding tert-OH is 1. The number of aromatic nitrogens is 1. The highest BCUT2D eigenvalue weighted by Gasteiger charge is 2.38. The minimum Gasteiger partial charge on any atom is -0.389 e. The van der Waals surface area contributed by atoms with Gasteiger partial charge in [0.05, 0.1) is 37.9 Å². The number of pyridine rings is 1. The van der Waals surface area contributed by atoms with Crippen molar-refractivity contribution in [1.29, 1.82) is 0 Å². The molecule has 4 heterocycles. The number of carbonyl (C=O) groups excluding carboxylic acids is 1. The molecule has 0 saturated carbocycles. The van der Waals surface area contributed by atoms with Crippen LogP contribution in [0.2, 0.25) is 0 Å². The van der Waals surface area contributed by atoms with Gasteiger partial charge in [0.1, 0.15) is 0 Å². The summed E-state index contributed by atoms with van der Waals surface area (Å²) >= 11 is 0. The molecule has 41 heavy (non-hydrogen) atoms. The molecule has 2 aromatic carbocycles. The third-order valence-electron chi connectivity index (χ3n) is 8.57. The molecule has 4 atom stereocenters. The van der Waals surface area contributed by atoms with Gasteiger partial charge in [-0.05, 0) is 59.9 Å². The lowest BCUT2D eigenvalue weighted by molar-refractivity contribution is -0.161. The van der Waals surface area contributed by atoms with Gasteiger partial charge in [0.2, 0.25) is 5.91 Å². The lowest BCUT2D eigenvalue weighted by Crippen LogP contribution is -2.56. The number of carbonyl (C=O) groups is 1. The molecule has 1 N–H and O–H groups in total. The van der Waals surface area contributed by atoms with Crippen molar-refractivity contribution in [2.75, 3.05) is 50.8 Å². The Bertz CT molecular complexity index is 1270. The fourth-order valence-corrected chi connectivity index (χ4v) is 6.43. The molecule has 8 nitrogen and oxygen atoms in total. The summed E-state index contributed by atoms with van der Waals surface area (Å²) in [4.78, 5) is 24.1. The van der Waals surface area contributed by atoms with Crippen LogP contribution in [0.4, 0.5) is 5.69 Å². The van der Waals surface area contributed by atoms with Crippen LogP contribution in [0.3, 0.4) is 0 Å². The van der Waals surface area contributed by atoms with Crippen LogP contribution in [0.5, 0.6) is 0 Å². The molecule has 0 spiro atoms. The molecule has 3 saturated heterocycles. The van der Waals surface area contributed by atoms with Crippen molar-refractivity contribution in [3.05, 3.63) is 84.7 Å². The molecule has 0 unspecified atom stereocenters. The highest BCUT2D eigenvalue weighted by atomic mass is 16.5. The number of piperazine rings is 1. The number of ether oxygens (including phenoxy) is 2. The third-order valence-corrected chi connectivity index (χ3v) is 8.57. The zero-order valence-electron chi connectivity index (χ0n) is 23.6. The van der Waals surface area contributed by atoms with Crippen molar-refractivity contribution in [3.8, 4) is 11.1 Å². The molecule has 0 radical (unpaired) electrons. The Kier molecular flexibility index (Phi) is 8.91. The van der Waals surface area contributed by atoms with Crippen molar-refractivity contribution in [3.63, 3.8) is 0 Å². The lowest BCUT2D eigenvalue weighted by Gasteiger charge is -2.45. The molecule has 1 aromatic heterocycles. The van der Waals surface area contributed by atoms with E-state index in [0.717, 1.165) is 56.7 Å². The van der Waals surface area contributed by atoms with Gasteiger partial charge in [0, 0.05) is 63.4 Å². The Balaban J connectivity index is 1.07. The number of aliphatic hydroxyl groups is 1. The zero-order chi connectivity index (χ0) is 28.0. The largest absolute Gasteiger partial charge is 0.389 e. The summed E-state index contributed by atoms with van der Waals surface area (Å²) in [6.45, 7) is 5.12. The maximum atomic E-state index is 13.2. The number of nitrogens with zero attached hydrogens (tertiary/aromatic N) is 4. The Labute approximate surface area is 242 Å². The fraction of sp³-hybridized carbons (Fsp3) is 0.455. The van der Waals surface area contributed by atoms with Gasteiger partial charge >= 0.3 is 0 Å². The SMILES string of the molecule is O=C(C[C@H]1CC[C@H]2[C@@H](COC[C@H](O)CN2Cc2cccc(-c3ccncc3)c2)O1)N1CCN(c2ccccc2)CC1. The molecular formula is C33H40N4O4. The molecule has 3 aliphatic heterocycles. The van der Waals surface area contributed by atoms with Gasteiger partial charge in [-0.1, -0.05) is 36.4 Å². The van der Waals surface area contributed by atoms with Gasteiger partial charge in [-0.3, -0.25) is 14.7 Å². The summed E-state index contributed by atoms with van der Waals surface area (Å²) in [7, 11) is 0. The van der Waals surface area contributed by atoms with Gasteiger partial charge in [0.15, 0.2) is 0 Å².